The Kier molecular flexibility index (Phi) is 4.44. The normalized spacial score (nSPS) is 25.3. The molecule has 132 valence electrons. The second-order valence-corrected chi connectivity index (χ2v) is 9.31. The maximum absolute atomic E-state index is 12.7. The first kappa shape index (κ1) is 17.4. The number of nitrogens with zero attached hydrogens (tertiary/aromatic N) is 3. The van der Waals surface area contributed by atoms with Gasteiger partial charge < -0.3 is 4.90 Å². The van der Waals surface area contributed by atoms with Crippen LogP contribution < -0.4 is 0 Å². The summed E-state index contributed by atoms with van der Waals surface area (Å²) in [4.78, 5) is 16.9. The van der Waals surface area contributed by atoms with Crippen molar-refractivity contribution in [2.24, 2.45) is 0 Å². The minimum Gasteiger partial charge on any atom is -0.336 e. The Bertz CT molecular complexity index is 718. The molecule has 1 amide bonds. The van der Waals surface area contributed by atoms with Crippen LogP contribution in [0.3, 0.4) is 0 Å². The number of sulfonamides is 1. The molecule has 24 heavy (non-hydrogen) atoms. The predicted octanol–water partition coefficient (Wildman–Crippen LogP) is 0.867. The minimum absolute atomic E-state index is 0.0181. The number of rotatable bonds is 2. The third kappa shape index (κ3) is 3.34. The Balaban J connectivity index is 1.79. The number of fused-ring (bicyclic) bond motifs is 1. The molecule has 0 aliphatic carbocycles. The van der Waals surface area contributed by atoms with E-state index in [1.165, 1.54) is 6.26 Å². The van der Waals surface area contributed by atoms with Gasteiger partial charge in [-0.15, -0.1) is 0 Å². The van der Waals surface area contributed by atoms with Gasteiger partial charge in [0, 0.05) is 49.9 Å². The van der Waals surface area contributed by atoms with Crippen molar-refractivity contribution in [3.63, 3.8) is 0 Å². The lowest BCUT2D eigenvalue weighted by atomic mass is 9.94. The van der Waals surface area contributed by atoms with E-state index >= 15 is 0 Å². The Morgan fingerprint density at radius 2 is 1.79 bits per heavy atom. The van der Waals surface area contributed by atoms with Crippen LogP contribution >= 0.6 is 0 Å². The van der Waals surface area contributed by atoms with E-state index in [0.29, 0.717) is 31.7 Å². The summed E-state index contributed by atoms with van der Waals surface area (Å²) in [6.07, 6.45) is 1.26. The molecule has 1 atom stereocenters. The fourth-order valence-corrected chi connectivity index (χ4v) is 4.82. The highest BCUT2D eigenvalue weighted by molar-refractivity contribution is 7.88. The zero-order valence-corrected chi connectivity index (χ0v) is 15.3. The predicted molar refractivity (Wildman–Crippen MR) is 93.3 cm³/mol. The molecule has 2 aliphatic rings. The molecule has 0 spiro atoms. The quantitative estimate of drug-likeness (QED) is 0.793. The standard InChI is InChI=1S/C17H25N3O3S/c1-17(2)13-19(24(3,22)23)12-15-11-18(9-10-20(15)17)16(21)14-7-5-4-6-8-14/h4-8,15H,9-13H2,1-3H3. The Hall–Kier alpha value is -1.44. The van der Waals surface area contributed by atoms with Crippen molar-refractivity contribution in [1.82, 2.24) is 14.1 Å². The summed E-state index contributed by atoms with van der Waals surface area (Å²) >= 11 is 0. The maximum Gasteiger partial charge on any atom is 0.253 e. The fourth-order valence-electron chi connectivity index (χ4n) is 3.83. The molecule has 6 nitrogen and oxygen atoms in total. The van der Waals surface area contributed by atoms with Crippen molar-refractivity contribution in [2.45, 2.75) is 25.4 Å². The number of carbonyl (C=O) groups is 1. The Morgan fingerprint density at radius 3 is 2.42 bits per heavy atom. The van der Waals surface area contributed by atoms with Crippen LogP contribution in [-0.2, 0) is 10.0 Å². The van der Waals surface area contributed by atoms with Crippen molar-refractivity contribution < 1.29 is 13.2 Å². The zero-order chi connectivity index (χ0) is 17.5. The molecule has 0 radical (unpaired) electrons. The third-order valence-corrected chi connectivity index (χ3v) is 6.23. The van der Waals surface area contributed by atoms with Crippen LogP contribution in [0.4, 0.5) is 0 Å². The minimum atomic E-state index is -3.23. The van der Waals surface area contributed by atoms with E-state index in [4.69, 9.17) is 0 Å². The number of piperazine rings is 2. The average molecular weight is 351 g/mol. The summed E-state index contributed by atoms with van der Waals surface area (Å²) in [5, 5.41) is 0. The summed E-state index contributed by atoms with van der Waals surface area (Å²) in [7, 11) is -3.23. The molecule has 1 unspecified atom stereocenters. The van der Waals surface area contributed by atoms with Gasteiger partial charge in [0.1, 0.15) is 0 Å². The van der Waals surface area contributed by atoms with E-state index in [2.05, 4.69) is 18.7 Å². The maximum atomic E-state index is 12.7. The van der Waals surface area contributed by atoms with Gasteiger partial charge in [0.15, 0.2) is 0 Å². The fraction of sp³-hybridized carbons (Fsp3) is 0.588. The summed E-state index contributed by atoms with van der Waals surface area (Å²) < 4.78 is 25.6. The highest BCUT2D eigenvalue weighted by Gasteiger charge is 2.45. The smallest absolute Gasteiger partial charge is 0.253 e. The van der Waals surface area contributed by atoms with Crippen molar-refractivity contribution in [3.8, 4) is 0 Å². The van der Waals surface area contributed by atoms with E-state index in [0.717, 1.165) is 6.54 Å². The molecule has 2 heterocycles. The molecule has 3 rings (SSSR count). The van der Waals surface area contributed by atoms with Crippen LogP contribution in [0, 0.1) is 0 Å². The monoisotopic (exact) mass is 351 g/mol. The first-order valence-electron chi connectivity index (χ1n) is 8.25. The van der Waals surface area contributed by atoms with E-state index in [-0.39, 0.29) is 17.5 Å². The van der Waals surface area contributed by atoms with Crippen molar-refractivity contribution in [1.29, 1.82) is 0 Å². The van der Waals surface area contributed by atoms with E-state index in [1.807, 2.05) is 35.2 Å². The highest BCUT2D eigenvalue weighted by Crippen LogP contribution is 2.29. The molecule has 2 fully saturated rings. The summed E-state index contributed by atoms with van der Waals surface area (Å²) in [5.74, 6) is 0.0181. The van der Waals surface area contributed by atoms with Gasteiger partial charge in [-0.1, -0.05) is 18.2 Å². The molecule has 2 saturated heterocycles. The van der Waals surface area contributed by atoms with Crippen molar-refractivity contribution in [2.75, 3.05) is 39.0 Å². The topological polar surface area (TPSA) is 60.9 Å². The number of hydrogen-bond acceptors (Lipinski definition) is 4. The van der Waals surface area contributed by atoms with E-state index < -0.39 is 10.0 Å². The average Bonchev–Trinajstić information content (AvgIpc) is 2.53. The lowest BCUT2D eigenvalue weighted by Crippen LogP contribution is -2.70. The van der Waals surface area contributed by atoms with E-state index in [1.54, 1.807) is 4.31 Å². The van der Waals surface area contributed by atoms with Gasteiger partial charge in [-0.05, 0) is 26.0 Å². The Morgan fingerprint density at radius 1 is 1.12 bits per heavy atom. The second-order valence-electron chi connectivity index (χ2n) is 7.33. The molecule has 0 aromatic heterocycles. The van der Waals surface area contributed by atoms with Gasteiger partial charge in [0.2, 0.25) is 10.0 Å². The van der Waals surface area contributed by atoms with Crippen LogP contribution in [0.2, 0.25) is 0 Å². The largest absolute Gasteiger partial charge is 0.336 e. The van der Waals surface area contributed by atoms with Gasteiger partial charge in [0.05, 0.1) is 6.26 Å². The SMILES string of the molecule is CC1(C)CN(S(C)(=O)=O)CC2CN(C(=O)c3ccccc3)CCN21. The van der Waals surface area contributed by atoms with Crippen molar-refractivity contribution >= 4 is 15.9 Å². The molecule has 0 bridgehead atoms. The van der Waals surface area contributed by atoms with Crippen LogP contribution in [0.5, 0.6) is 0 Å². The molecule has 7 heteroatoms. The van der Waals surface area contributed by atoms with Crippen LogP contribution in [0.15, 0.2) is 30.3 Å². The lowest BCUT2D eigenvalue weighted by molar-refractivity contribution is -0.0372. The van der Waals surface area contributed by atoms with Gasteiger partial charge in [0.25, 0.3) is 5.91 Å². The van der Waals surface area contributed by atoms with Crippen LogP contribution in [-0.4, -0.2) is 79.0 Å². The third-order valence-electron chi connectivity index (χ3n) is 5.01. The lowest BCUT2D eigenvalue weighted by Gasteiger charge is -2.54. The summed E-state index contributed by atoms with van der Waals surface area (Å²) in [6, 6.07) is 9.29. The van der Waals surface area contributed by atoms with Crippen LogP contribution in [0.25, 0.3) is 0 Å². The second kappa shape index (κ2) is 6.13. The number of benzene rings is 1. The molecular weight excluding hydrogens is 326 g/mol. The van der Waals surface area contributed by atoms with E-state index in [9.17, 15) is 13.2 Å². The van der Waals surface area contributed by atoms with Gasteiger partial charge >= 0.3 is 0 Å². The zero-order valence-electron chi connectivity index (χ0n) is 14.5. The molecular formula is C17H25N3O3S. The number of carbonyl (C=O) groups excluding carboxylic acids is 1. The van der Waals surface area contributed by atoms with Crippen LogP contribution in [0.1, 0.15) is 24.2 Å². The van der Waals surface area contributed by atoms with Gasteiger partial charge in [-0.3, -0.25) is 9.69 Å². The first-order chi connectivity index (χ1) is 11.2. The summed E-state index contributed by atoms with van der Waals surface area (Å²) in [5.41, 5.74) is 0.453. The Labute approximate surface area is 144 Å². The van der Waals surface area contributed by atoms with Gasteiger partial charge in [-0.2, -0.15) is 4.31 Å². The number of amides is 1. The molecule has 0 saturated carbocycles. The summed E-state index contributed by atoms with van der Waals surface area (Å²) in [6.45, 7) is 7.09. The molecule has 2 aliphatic heterocycles. The molecule has 0 N–H and O–H groups in total. The van der Waals surface area contributed by atoms with Gasteiger partial charge in [-0.25, -0.2) is 8.42 Å². The highest BCUT2D eigenvalue weighted by atomic mass is 32.2. The first-order valence-corrected chi connectivity index (χ1v) is 10.1. The number of hydrogen-bond donors (Lipinski definition) is 0. The molecule has 1 aromatic carbocycles. The van der Waals surface area contributed by atoms with Crippen molar-refractivity contribution in [3.05, 3.63) is 35.9 Å². The molecule has 1 aromatic rings.